The number of halogens is 2. The first-order valence-electron chi connectivity index (χ1n) is 44.7. The molecule has 18 rings (SSSR count). The zero-order valence-electron chi connectivity index (χ0n) is 74.2. The van der Waals surface area contributed by atoms with Gasteiger partial charge >= 0.3 is 6.09 Å². The fourth-order valence-corrected chi connectivity index (χ4v) is 22.0. The van der Waals surface area contributed by atoms with Crippen molar-refractivity contribution >= 4 is 117 Å². The van der Waals surface area contributed by atoms with Crippen LogP contribution >= 0.6 is 23.2 Å². The minimum absolute atomic E-state index is 0.0355. The van der Waals surface area contributed by atoms with E-state index in [0.29, 0.717) is 98.3 Å². The van der Waals surface area contributed by atoms with Crippen LogP contribution in [0.15, 0.2) is 179 Å². The van der Waals surface area contributed by atoms with Crippen molar-refractivity contribution in [3.05, 3.63) is 233 Å². The maximum absolute atomic E-state index is 14.1. The molecule has 6 aromatic carbocycles. The average Bonchev–Trinajstić information content (AvgIpc) is 1.06. The summed E-state index contributed by atoms with van der Waals surface area (Å²) in [6.07, 6.45) is 16.5. The van der Waals surface area contributed by atoms with E-state index in [0.717, 1.165) is 161 Å². The van der Waals surface area contributed by atoms with Gasteiger partial charge < -0.3 is 53.3 Å². The van der Waals surface area contributed by atoms with Crippen LogP contribution in [-0.2, 0) is 37.6 Å². The van der Waals surface area contributed by atoms with Gasteiger partial charge in [0, 0.05) is 171 Å². The summed E-state index contributed by atoms with van der Waals surface area (Å²) >= 11 is 12.5. The summed E-state index contributed by atoms with van der Waals surface area (Å²) in [4.78, 5) is 91.2. The van der Waals surface area contributed by atoms with Gasteiger partial charge in [-0.05, 0) is 215 Å². The Morgan fingerprint density at radius 3 is 1.33 bits per heavy atom. The number of nitrogens with one attached hydrogen (secondary N) is 4. The molecule has 4 aromatic heterocycles. The molecule has 3 amide bonds. The number of allylic oxidation sites excluding steroid dienone is 2. The number of fused-ring (bicyclic) bond motifs is 4. The lowest BCUT2D eigenvalue weighted by Crippen LogP contribution is -2.47. The zero-order valence-corrected chi connectivity index (χ0v) is 77.3. The number of methoxy groups -OCH3 is 1. The maximum atomic E-state index is 14.1. The molecule has 10 heterocycles. The second kappa shape index (κ2) is 38.3. The normalized spacial score (nSPS) is 19.5. The summed E-state index contributed by atoms with van der Waals surface area (Å²) in [6.45, 7) is 20.6. The molecule has 0 radical (unpaired) electrons. The number of likely N-dealkylation sites (tertiary alicyclic amines) is 2. The van der Waals surface area contributed by atoms with Crippen molar-refractivity contribution in [1.82, 2.24) is 49.0 Å². The van der Waals surface area contributed by atoms with Gasteiger partial charge in [0.1, 0.15) is 45.8 Å². The van der Waals surface area contributed by atoms with Gasteiger partial charge in [0.2, 0.25) is 0 Å². The molecule has 4 fully saturated rings. The van der Waals surface area contributed by atoms with Crippen LogP contribution in [0.4, 0.5) is 27.5 Å². The van der Waals surface area contributed by atoms with Crippen molar-refractivity contribution in [3.63, 3.8) is 0 Å². The summed E-state index contributed by atoms with van der Waals surface area (Å²) in [7, 11) is -5.86. The molecule has 0 saturated carbocycles. The molecule has 0 unspecified atom stereocenters. The highest BCUT2D eigenvalue weighted by Gasteiger charge is 2.41. The van der Waals surface area contributed by atoms with E-state index in [1.807, 2.05) is 36.4 Å². The SMILES string of the molecule is CN1CCC([C@@H]2COc3cc(S(=O)(=O)NC(=O)c4ccc(N5CCN(CC6=C(c7ccc(Cl)cc7)CC(C)(C)CC6)CC5)cc4Oc4cnc5[nH]ccc5c4)cc([N+](=O)[O-])c3C2)CC1.COC(=O)N1CCC([C@@H]2COc3cc(S(=O)(=O)NC(=O)c4ccc(N5CCN(CC6=C(c7ccc(Cl)cc7)CC(C)(C)CC6)CC5)cc4Oc4cnc5[nH]ccc5c4)cc([N+](=O)[O-])c3C2)CC1. The number of nitro groups is 2. The number of aromatic nitrogens is 4. The number of nitrogens with zero attached hydrogens (tertiary/aromatic N) is 10. The van der Waals surface area contributed by atoms with Gasteiger partial charge in [-0.2, -0.15) is 0 Å². The van der Waals surface area contributed by atoms with Crippen LogP contribution in [0.1, 0.15) is 135 Å². The predicted molar refractivity (Wildman–Crippen MR) is 502 cm³/mol. The molecule has 2 aliphatic carbocycles. The summed E-state index contributed by atoms with van der Waals surface area (Å²) < 4.78 is 89.8. The molecule has 10 aromatic rings. The highest BCUT2D eigenvalue weighted by molar-refractivity contribution is 7.90. The van der Waals surface area contributed by atoms with Gasteiger partial charge in [0.25, 0.3) is 43.2 Å². The average molecular weight is 1860 g/mol. The highest BCUT2D eigenvalue weighted by atomic mass is 35.5. The molecule has 30 nitrogen and oxygen atoms in total. The molecule has 8 aliphatic rings. The second-order valence-electron chi connectivity index (χ2n) is 37.3. The van der Waals surface area contributed by atoms with Gasteiger partial charge in [0.15, 0.2) is 0 Å². The third kappa shape index (κ3) is 21.0. The van der Waals surface area contributed by atoms with Crippen molar-refractivity contribution in [2.45, 2.75) is 115 Å². The lowest BCUT2D eigenvalue weighted by atomic mass is 9.72. The van der Waals surface area contributed by atoms with Crippen LogP contribution in [0.3, 0.4) is 0 Å². The Morgan fingerprint density at radius 1 is 0.527 bits per heavy atom. The monoisotopic (exact) mass is 1860 g/mol. The minimum atomic E-state index is -4.67. The Balaban J connectivity index is 0.000000183. The number of nitro benzene ring substituents is 2. The van der Waals surface area contributed by atoms with Crippen LogP contribution in [0, 0.1) is 54.7 Å². The number of carbonyl (C=O) groups excluding carboxylic acids is 3. The lowest BCUT2D eigenvalue weighted by Gasteiger charge is -2.39. The predicted octanol–water partition coefficient (Wildman–Crippen LogP) is 17.6. The first-order valence-corrected chi connectivity index (χ1v) is 48.5. The molecule has 131 heavy (non-hydrogen) atoms. The summed E-state index contributed by atoms with van der Waals surface area (Å²) in [5, 5.41) is 27.9. The van der Waals surface area contributed by atoms with Crippen LogP contribution in [0.25, 0.3) is 33.2 Å². The van der Waals surface area contributed by atoms with Gasteiger partial charge in [-0.1, -0.05) is 86.3 Å². The number of piperazine rings is 2. The van der Waals surface area contributed by atoms with E-state index < -0.39 is 63.3 Å². The van der Waals surface area contributed by atoms with Crippen LogP contribution in [-0.4, -0.2) is 203 Å². The fourth-order valence-electron chi connectivity index (χ4n) is 19.8. The number of anilines is 2. The second-order valence-corrected chi connectivity index (χ2v) is 41.6. The van der Waals surface area contributed by atoms with E-state index >= 15 is 0 Å². The molecular weight excluding hydrogens is 1750 g/mol. The van der Waals surface area contributed by atoms with Crippen molar-refractivity contribution in [2.24, 2.45) is 34.5 Å². The molecule has 0 spiro atoms. The molecule has 0 bridgehead atoms. The van der Waals surface area contributed by atoms with Crippen LogP contribution in [0.2, 0.25) is 10.0 Å². The number of H-pyrrole nitrogens is 2. The number of sulfonamides is 2. The first-order chi connectivity index (χ1) is 62.8. The van der Waals surface area contributed by atoms with E-state index in [1.54, 1.807) is 59.8 Å². The molecular formula is C97H108Cl2N14O16S2. The minimum Gasteiger partial charge on any atom is -0.493 e. The van der Waals surface area contributed by atoms with E-state index in [9.17, 15) is 51.4 Å². The van der Waals surface area contributed by atoms with E-state index in [1.165, 1.54) is 71.1 Å². The molecule has 2 atom stereocenters. The van der Waals surface area contributed by atoms with Crippen molar-refractivity contribution in [2.75, 3.05) is 129 Å². The smallest absolute Gasteiger partial charge is 0.409 e. The Bertz CT molecular complexity index is 6330. The summed E-state index contributed by atoms with van der Waals surface area (Å²) in [5.74, 6) is -0.290. The van der Waals surface area contributed by atoms with Gasteiger partial charge in [0.05, 0.1) is 74.6 Å². The van der Waals surface area contributed by atoms with Crippen molar-refractivity contribution < 1.29 is 64.8 Å². The number of piperidine rings is 2. The van der Waals surface area contributed by atoms with Gasteiger partial charge in [-0.25, -0.2) is 41.0 Å². The molecule has 6 aliphatic heterocycles. The largest absolute Gasteiger partial charge is 0.493 e. The number of benzene rings is 6. The fraction of sp³-hybridized carbons (Fsp3) is 0.412. The Labute approximate surface area is 771 Å². The topological polar surface area (TPSA) is 353 Å². The number of carbonyl (C=O) groups is 3. The van der Waals surface area contributed by atoms with Crippen LogP contribution in [0.5, 0.6) is 34.5 Å². The lowest BCUT2D eigenvalue weighted by molar-refractivity contribution is -0.386. The third-order valence-electron chi connectivity index (χ3n) is 27.4. The zero-order chi connectivity index (χ0) is 91.8. The number of ether oxygens (including phenoxy) is 5. The van der Waals surface area contributed by atoms with E-state index in [2.05, 4.69) is 113 Å². The molecule has 4 saturated heterocycles. The number of hydrogen-bond acceptors (Lipinski definition) is 23. The van der Waals surface area contributed by atoms with Crippen molar-refractivity contribution in [3.8, 4) is 34.5 Å². The Morgan fingerprint density at radius 2 is 0.931 bits per heavy atom. The van der Waals surface area contributed by atoms with Crippen LogP contribution < -0.4 is 38.2 Å². The van der Waals surface area contributed by atoms with E-state index in [-0.39, 0.29) is 75.0 Å². The molecule has 688 valence electrons. The van der Waals surface area contributed by atoms with Gasteiger partial charge in [-0.3, -0.25) is 39.6 Å². The Kier molecular flexibility index (Phi) is 26.7. The molecule has 34 heteroatoms. The number of amides is 3. The first kappa shape index (κ1) is 91.3. The quantitative estimate of drug-likeness (QED) is 0.0362. The third-order valence-corrected chi connectivity index (χ3v) is 30.5. The number of pyridine rings is 2. The molecule has 4 N–H and O–H groups in total. The summed E-state index contributed by atoms with van der Waals surface area (Å²) in [5.41, 5.74) is 11.4. The highest BCUT2D eigenvalue weighted by Crippen LogP contribution is 2.48. The van der Waals surface area contributed by atoms with Gasteiger partial charge in [-0.15, -0.1) is 0 Å². The maximum Gasteiger partial charge on any atom is 0.409 e. The standard InChI is InChI=1S/C49H54ClN7O9S.C48H54ClN7O7S/c1-49(2)14-10-34(42(27-49)32-4-6-36(50)7-5-32)29-54-18-20-55(21-19-54)37-8-9-40(45(24-37)66-38-22-33-11-15-51-46(33)52-28-38)47(58)53-67(62,63)39-25-43(57(60)61)41-23-35(30-65-44(41)26-39)31-12-16-56(17-13-31)48(59)64-3;1-48(2)14-10-34(42(27-48)32-4-6-36(49)7-5-32)29-54-18-20-55(21-19-54)37-8-9-40(45(24-37)63-38-22-33-11-15-50-46(33)51-28-38)47(57)52-64(60,61)39-25-43(56(58)59)41-23-35(30-62-44(41)26-39)31-12-16-53(3)17-13-31/h4-9,11,15,22,24-26,28,31,35H,10,12-14,16-21,23,27,29-30H2,1-3H3,(H,51,52)(H,53,58);4-9,11,15,22,24-26,28,31,35H,10,12-14,16-21,23,27,29-30H2,1-3H3,(H,50,51)(H,52,57)/t2*35-/m00/s1. The Hall–Kier alpha value is -11.7. The number of hydrogen-bond donors (Lipinski definition) is 4. The number of aromatic amines is 2. The van der Waals surface area contributed by atoms with Crippen molar-refractivity contribution in [1.29, 1.82) is 0 Å². The van der Waals surface area contributed by atoms with E-state index in [4.69, 9.17) is 46.9 Å². The number of rotatable bonds is 22. The summed E-state index contributed by atoms with van der Waals surface area (Å²) in [6, 6.07) is 38.2.